The molecule has 0 spiro atoms. The molecule has 0 aliphatic carbocycles. The minimum atomic E-state index is -0.102. The van der Waals surface area contributed by atoms with E-state index in [-0.39, 0.29) is 11.8 Å². The second-order valence-electron chi connectivity index (χ2n) is 6.42. The van der Waals surface area contributed by atoms with Crippen molar-refractivity contribution in [1.82, 2.24) is 0 Å². The standard InChI is InChI=1S/C20H22N2O2/c1-13-11-14(2)19(15(3)12-13)20(24)21-16-6-8-17(9-7-16)22-10-4-5-18(22)23/h6-9,11-12H,4-5,10H2,1-3H3,(H,21,24). The molecule has 0 radical (unpaired) electrons. The molecule has 0 atom stereocenters. The maximum Gasteiger partial charge on any atom is 0.256 e. The molecule has 2 aromatic carbocycles. The number of carbonyl (C=O) groups is 2. The second kappa shape index (κ2) is 6.48. The van der Waals surface area contributed by atoms with Gasteiger partial charge in [0.25, 0.3) is 5.91 Å². The summed E-state index contributed by atoms with van der Waals surface area (Å²) < 4.78 is 0. The van der Waals surface area contributed by atoms with E-state index >= 15 is 0 Å². The summed E-state index contributed by atoms with van der Waals surface area (Å²) in [6, 6.07) is 11.5. The van der Waals surface area contributed by atoms with Crippen molar-refractivity contribution in [3.63, 3.8) is 0 Å². The second-order valence-corrected chi connectivity index (χ2v) is 6.42. The van der Waals surface area contributed by atoms with Crippen LogP contribution >= 0.6 is 0 Å². The van der Waals surface area contributed by atoms with Gasteiger partial charge >= 0.3 is 0 Å². The van der Waals surface area contributed by atoms with Gasteiger partial charge in [0.2, 0.25) is 5.91 Å². The summed E-state index contributed by atoms with van der Waals surface area (Å²) in [4.78, 5) is 26.2. The zero-order valence-electron chi connectivity index (χ0n) is 14.3. The van der Waals surface area contributed by atoms with Crippen molar-refractivity contribution in [3.8, 4) is 0 Å². The Kier molecular flexibility index (Phi) is 4.38. The number of carbonyl (C=O) groups excluding carboxylic acids is 2. The van der Waals surface area contributed by atoms with Gasteiger partial charge < -0.3 is 10.2 Å². The number of hydrogen-bond acceptors (Lipinski definition) is 2. The lowest BCUT2D eigenvalue weighted by Crippen LogP contribution is -2.23. The highest BCUT2D eigenvalue weighted by Crippen LogP contribution is 2.24. The first-order valence-electron chi connectivity index (χ1n) is 8.25. The fraction of sp³-hybridized carbons (Fsp3) is 0.300. The third-order valence-corrected chi connectivity index (χ3v) is 4.41. The Labute approximate surface area is 142 Å². The summed E-state index contributed by atoms with van der Waals surface area (Å²) in [6.45, 7) is 6.71. The van der Waals surface area contributed by atoms with E-state index in [4.69, 9.17) is 0 Å². The van der Waals surface area contributed by atoms with Gasteiger partial charge in [0.15, 0.2) is 0 Å². The molecule has 1 aliphatic heterocycles. The van der Waals surface area contributed by atoms with Crippen LogP contribution in [0.5, 0.6) is 0 Å². The summed E-state index contributed by atoms with van der Waals surface area (Å²) in [6.07, 6.45) is 1.52. The van der Waals surface area contributed by atoms with Crippen LogP contribution in [0.3, 0.4) is 0 Å². The van der Waals surface area contributed by atoms with E-state index in [2.05, 4.69) is 5.32 Å². The van der Waals surface area contributed by atoms with Crippen LogP contribution in [0.15, 0.2) is 36.4 Å². The Bertz CT molecular complexity index is 771. The van der Waals surface area contributed by atoms with E-state index in [0.717, 1.165) is 46.6 Å². The average Bonchev–Trinajstić information content (AvgIpc) is 2.93. The van der Waals surface area contributed by atoms with Crippen LogP contribution in [-0.2, 0) is 4.79 Å². The van der Waals surface area contributed by atoms with Crippen molar-refractivity contribution in [2.75, 3.05) is 16.8 Å². The highest BCUT2D eigenvalue weighted by molar-refractivity contribution is 6.06. The first-order chi connectivity index (χ1) is 11.5. The molecule has 3 rings (SSSR count). The fourth-order valence-corrected chi connectivity index (χ4v) is 3.38. The molecule has 0 saturated carbocycles. The molecule has 0 aromatic heterocycles. The SMILES string of the molecule is Cc1cc(C)c(C(=O)Nc2ccc(N3CCCC3=O)cc2)c(C)c1. The Morgan fingerprint density at radius 1 is 1.04 bits per heavy atom. The summed E-state index contributed by atoms with van der Waals surface area (Å²) >= 11 is 0. The number of rotatable bonds is 3. The van der Waals surface area contributed by atoms with Gasteiger partial charge in [0, 0.05) is 29.9 Å². The number of nitrogens with zero attached hydrogens (tertiary/aromatic N) is 1. The maximum atomic E-state index is 12.6. The van der Waals surface area contributed by atoms with Crippen molar-refractivity contribution in [1.29, 1.82) is 0 Å². The monoisotopic (exact) mass is 322 g/mol. The van der Waals surface area contributed by atoms with Gasteiger partial charge in [-0.3, -0.25) is 9.59 Å². The Morgan fingerprint density at radius 3 is 2.21 bits per heavy atom. The fourth-order valence-electron chi connectivity index (χ4n) is 3.38. The number of aryl methyl sites for hydroxylation is 3. The number of amides is 2. The molecular weight excluding hydrogens is 300 g/mol. The molecule has 2 amide bonds. The lowest BCUT2D eigenvalue weighted by atomic mass is 9.99. The van der Waals surface area contributed by atoms with Gasteiger partial charge in [-0.15, -0.1) is 0 Å². The summed E-state index contributed by atoms with van der Waals surface area (Å²) in [7, 11) is 0. The molecule has 124 valence electrons. The molecule has 1 heterocycles. The zero-order valence-corrected chi connectivity index (χ0v) is 14.3. The van der Waals surface area contributed by atoms with Crippen molar-refractivity contribution in [2.45, 2.75) is 33.6 Å². The van der Waals surface area contributed by atoms with Crippen LogP contribution < -0.4 is 10.2 Å². The van der Waals surface area contributed by atoms with Gasteiger partial charge in [-0.2, -0.15) is 0 Å². The van der Waals surface area contributed by atoms with Gasteiger partial charge in [0.1, 0.15) is 0 Å². The number of nitrogens with one attached hydrogen (secondary N) is 1. The van der Waals surface area contributed by atoms with Crippen LogP contribution in [-0.4, -0.2) is 18.4 Å². The predicted octanol–water partition coefficient (Wildman–Crippen LogP) is 3.99. The van der Waals surface area contributed by atoms with E-state index < -0.39 is 0 Å². The van der Waals surface area contributed by atoms with Crippen LogP contribution in [0.25, 0.3) is 0 Å². The van der Waals surface area contributed by atoms with E-state index in [1.165, 1.54) is 0 Å². The zero-order chi connectivity index (χ0) is 17.3. The van der Waals surface area contributed by atoms with Crippen LogP contribution in [0.4, 0.5) is 11.4 Å². The topological polar surface area (TPSA) is 49.4 Å². The highest BCUT2D eigenvalue weighted by atomic mass is 16.2. The molecule has 4 nitrogen and oxygen atoms in total. The van der Waals surface area contributed by atoms with Crippen molar-refractivity contribution < 1.29 is 9.59 Å². The molecule has 1 saturated heterocycles. The molecule has 1 aliphatic rings. The number of hydrogen-bond donors (Lipinski definition) is 1. The van der Waals surface area contributed by atoms with Crippen molar-refractivity contribution >= 4 is 23.2 Å². The van der Waals surface area contributed by atoms with Crippen molar-refractivity contribution in [2.24, 2.45) is 0 Å². The maximum absolute atomic E-state index is 12.6. The molecule has 2 aromatic rings. The van der Waals surface area contributed by atoms with E-state index in [9.17, 15) is 9.59 Å². The summed E-state index contributed by atoms with van der Waals surface area (Å²) in [5.74, 6) is 0.0627. The molecule has 0 bridgehead atoms. The van der Waals surface area contributed by atoms with Gasteiger partial charge in [-0.25, -0.2) is 0 Å². The first-order valence-corrected chi connectivity index (χ1v) is 8.25. The van der Waals surface area contributed by atoms with Crippen LogP contribution in [0.2, 0.25) is 0 Å². The van der Waals surface area contributed by atoms with Crippen LogP contribution in [0, 0.1) is 20.8 Å². The normalized spacial score (nSPS) is 14.1. The summed E-state index contributed by atoms with van der Waals surface area (Å²) in [5.41, 5.74) is 5.45. The highest BCUT2D eigenvalue weighted by Gasteiger charge is 2.21. The largest absolute Gasteiger partial charge is 0.322 e. The molecular formula is C20H22N2O2. The average molecular weight is 322 g/mol. The number of anilines is 2. The lowest BCUT2D eigenvalue weighted by molar-refractivity contribution is -0.117. The minimum absolute atomic E-state index is 0.102. The summed E-state index contributed by atoms with van der Waals surface area (Å²) in [5, 5.41) is 2.95. The van der Waals surface area contributed by atoms with E-state index in [0.29, 0.717) is 6.42 Å². The molecule has 24 heavy (non-hydrogen) atoms. The van der Waals surface area contributed by atoms with Crippen molar-refractivity contribution in [3.05, 3.63) is 58.7 Å². The Balaban J connectivity index is 1.77. The molecule has 0 unspecified atom stereocenters. The lowest BCUT2D eigenvalue weighted by Gasteiger charge is -2.16. The molecule has 1 N–H and O–H groups in total. The quantitative estimate of drug-likeness (QED) is 0.929. The van der Waals surface area contributed by atoms with Gasteiger partial charge in [0.05, 0.1) is 0 Å². The Morgan fingerprint density at radius 2 is 1.67 bits per heavy atom. The first kappa shape index (κ1) is 16.2. The predicted molar refractivity (Wildman–Crippen MR) is 96.6 cm³/mol. The third-order valence-electron chi connectivity index (χ3n) is 4.41. The molecule has 4 heteroatoms. The third kappa shape index (κ3) is 3.18. The van der Waals surface area contributed by atoms with Crippen LogP contribution in [0.1, 0.15) is 39.9 Å². The molecule has 1 fully saturated rings. The minimum Gasteiger partial charge on any atom is -0.322 e. The van der Waals surface area contributed by atoms with E-state index in [1.54, 1.807) is 4.90 Å². The van der Waals surface area contributed by atoms with Gasteiger partial charge in [-0.05, 0) is 62.6 Å². The number of benzene rings is 2. The van der Waals surface area contributed by atoms with E-state index in [1.807, 2.05) is 57.2 Å². The Hall–Kier alpha value is -2.62. The van der Waals surface area contributed by atoms with Gasteiger partial charge in [-0.1, -0.05) is 17.7 Å². The smallest absolute Gasteiger partial charge is 0.256 e.